The molecule has 1 aliphatic heterocycles. The van der Waals surface area contributed by atoms with E-state index in [2.05, 4.69) is 9.62 Å². The van der Waals surface area contributed by atoms with Gasteiger partial charge in [-0.3, -0.25) is 0 Å². The van der Waals surface area contributed by atoms with E-state index in [-0.39, 0.29) is 21.0 Å². The Bertz CT molecular complexity index is 690. The Morgan fingerprint density at radius 1 is 1.00 bits per heavy atom. The van der Waals surface area contributed by atoms with Gasteiger partial charge in [0.1, 0.15) is 4.90 Å². The first-order chi connectivity index (χ1) is 11.8. The summed E-state index contributed by atoms with van der Waals surface area (Å²) in [6, 6.07) is 2.70. The van der Waals surface area contributed by atoms with E-state index in [0.29, 0.717) is 5.02 Å². The minimum atomic E-state index is -3.77. The van der Waals surface area contributed by atoms with Crippen molar-refractivity contribution in [3.05, 3.63) is 27.2 Å². The average Bonchev–Trinajstić information content (AvgIpc) is 3.00. The molecule has 1 aromatic rings. The fraction of sp³-hybridized carbons (Fsp3) is 0.647. The summed E-state index contributed by atoms with van der Waals surface area (Å²) in [5.41, 5.74) is 0. The topological polar surface area (TPSA) is 49.4 Å². The summed E-state index contributed by atoms with van der Waals surface area (Å²) in [4.78, 5) is 2.37. The lowest BCUT2D eigenvalue weighted by Crippen LogP contribution is -2.45. The largest absolute Gasteiger partial charge is 0.303 e. The van der Waals surface area contributed by atoms with Crippen molar-refractivity contribution in [3.63, 3.8) is 0 Å². The number of hydrogen-bond donors (Lipinski definition) is 1. The van der Waals surface area contributed by atoms with Gasteiger partial charge in [0.25, 0.3) is 0 Å². The van der Waals surface area contributed by atoms with E-state index < -0.39 is 10.0 Å². The molecule has 2 aliphatic rings. The summed E-state index contributed by atoms with van der Waals surface area (Å²) in [6.07, 6.45) is 6.97. The molecule has 3 rings (SSSR count). The smallest absolute Gasteiger partial charge is 0.243 e. The van der Waals surface area contributed by atoms with E-state index in [1.165, 1.54) is 37.8 Å². The lowest BCUT2D eigenvalue weighted by molar-refractivity contribution is 0.180. The Morgan fingerprint density at radius 3 is 2.12 bits per heavy atom. The van der Waals surface area contributed by atoms with E-state index >= 15 is 0 Å². The molecule has 0 bridgehead atoms. The second-order valence-corrected chi connectivity index (χ2v) is 9.95. The van der Waals surface area contributed by atoms with Crippen molar-refractivity contribution in [1.82, 2.24) is 9.62 Å². The van der Waals surface area contributed by atoms with Crippen molar-refractivity contribution in [2.45, 2.75) is 49.5 Å². The van der Waals surface area contributed by atoms with Gasteiger partial charge in [0, 0.05) is 17.6 Å². The number of nitrogens with zero attached hydrogens (tertiary/aromatic N) is 1. The molecule has 1 heterocycles. The van der Waals surface area contributed by atoms with Crippen LogP contribution in [0.25, 0.3) is 0 Å². The average molecular weight is 426 g/mol. The Hall–Kier alpha value is -0.0400. The van der Waals surface area contributed by atoms with Crippen LogP contribution in [0.4, 0.5) is 0 Å². The third kappa shape index (κ3) is 5.02. The van der Waals surface area contributed by atoms with Crippen molar-refractivity contribution < 1.29 is 8.42 Å². The molecule has 0 atom stereocenters. The first kappa shape index (κ1) is 19.7. The van der Waals surface area contributed by atoms with E-state index in [0.717, 1.165) is 38.4 Å². The Balaban J connectivity index is 1.59. The van der Waals surface area contributed by atoms with Gasteiger partial charge in [-0.1, -0.05) is 47.6 Å². The second-order valence-electron chi connectivity index (χ2n) is 7.05. The monoisotopic (exact) mass is 424 g/mol. The predicted octanol–water partition coefficient (Wildman–Crippen LogP) is 4.58. The fourth-order valence-electron chi connectivity index (χ4n) is 3.86. The normalized spacial score (nSPS) is 21.1. The van der Waals surface area contributed by atoms with Crippen molar-refractivity contribution >= 4 is 44.8 Å². The maximum atomic E-state index is 12.7. The maximum absolute atomic E-state index is 12.7. The zero-order chi connectivity index (χ0) is 18.0. The highest BCUT2D eigenvalue weighted by atomic mass is 35.5. The van der Waals surface area contributed by atoms with Crippen LogP contribution >= 0.6 is 34.8 Å². The van der Waals surface area contributed by atoms with Gasteiger partial charge in [-0.2, -0.15) is 0 Å². The zero-order valence-electron chi connectivity index (χ0n) is 14.0. The molecule has 1 aliphatic carbocycles. The number of benzene rings is 1. The summed E-state index contributed by atoms with van der Waals surface area (Å²) in [7, 11) is -3.77. The minimum Gasteiger partial charge on any atom is -0.303 e. The lowest BCUT2D eigenvalue weighted by atomic mass is 10.0. The summed E-state index contributed by atoms with van der Waals surface area (Å²) in [6.45, 7) is 2.99. The van der Waals surface area contributed by atoms with Crippen molar-refractivity contribution in [3.8, 4) is 0 Å². The van der Waals surface area contributed by atoms with Gasteiger partial charge in [-0.25, -0.2) is 13.1 Å². The summed E-state index contributed by atoms with van der Waals surface area (Å²) >= 11 is 18.0. The number of sulfonamides is 1. The first-order valence-electron chi connectivity index (χ1n) is 8.74. The molecule has 1 saturated heterocycles. The van der Waals surface area contributed by atoms with E-state index in [1.807, 2.05) is 0 Å². The molecule has 0 amide bonds. The van der Waals surface area contributed by atoms with Crippen molar-refractivity contribution in [2.24, 2.45) is 5.92 Å². The van der Waals surface area contributed by atoms with Gasteiger partial charge in [0.2, 0.25) is 10.0 Å². The molecular formula is C17H23Cl3N2O2S. The van der Waals surface area contributed by atoms with Crippen LogP contribution in [-0.4, -0.2) is 39.0 Å². The molecule has 4 nitrogen and oxygen atoms in total. The van der Waals surface area contributed by atoms with Gasteiger partial charge >= 0.3 is 0 Å². The van der Waals surface area contributed by atoms with Gasteiger partial charge in [-0.15, -0.1) is 0 Å². The quantitative estimate of drug-likeness (QED) is 0.751. The fourth-order valence-corrected chi connectivity index (χ4v) is 6.71. The van der Waals surface area contributed by atoms with E-state index in [4.69, 9.17) is 34.8 Å². The third-order valence-electron chi connectivity index (χ3n) is 5.13. The third-order valence-corrected chi connectivity index (χ3v) is 7.79. The standard InChI is InChI=1S/C17H23Cl3N2O2S/c18-13-9-15(19)17(16(20)10-13)25(23,24)21-14-5-7-22(8-6-14)11-12-3-1-2-4-12/h9-10,12,14,21H,1-8,11H2. The number of rotatable bonds is 5. The van der Waals surface area contributed by atoms with Crippen LogP contribution < -0.4 is 4.72 Å². The highest BCUT2D eigenvalue weighted by Gasteiger charge is 2.29. The number of piperidine rings is 1. The molecule has 25 heavy (non-hydrogen) atoms. The Morgan fingerprint density at radius 2 is 1.56 bits per heavy atom. The highest BCUT2D eigenvalue weighted by Crippen LogP contribution is 2.33. The highest BCUT2D eigenvalue weighted by molar-refractivity contribution is 7.89. The molecule has 1 saturated carbocycles. The van der Waals surface area contributed by atoms with Gasteiger partial charge in [0.15, 0.2) is 0 Å². The van der Waals surface area contributed by atoms with Crippen molar-refractivity contribution in [1.29, 1.82) is 0 Å². The van der Waals surface area contributed by atoms with E-state index in [1.54, 1.807) is 0 Å². The van der Waals surface area contributed by atoms with Gasteiger partial charge < -0.3 is 4.90 Å². The van der Waals surface area contributed by atoms with E-state index in [9.17, 15) is 8.42 Å². The van der Waals surface area contributed by atoms with Crippen LogP contribution in [0.15, 0.2) is 17.0 Å². The summed E-state index contributed by atoms with van der Waals surface area (Å²) in [5, 5.41) is 0.404. The van der Waals surface area contributed by atoms with Crippen LogP contribution in [0, 0.1) is 5.92 Å². The second kappa shape index (κ2) is 8.32. The van der Waals surface area contributed by atoms with Gasteiger partial charge in [0.05, 0.1) is 10.0 Å². The molecule has 0 unspecified atom stereocenters. The number of nitrogens with one attached hydrogen (secondary N) is 1. The number of hydrogen-bond acceptors (Lipinski definition) is 3. The summed E-state index contributed by atoms with van der Waals surface area (Å²) in [5.74, 6) is 0.819. The Labute approximate surface area is 164 Å². The van der Waals surface area contributed by atoms with Crippen molar-refractivity contribution in [2.75, 3.05) is 19.6 Å². The van der Waals surface area contributed by atoms with Crippen LogP contribution in [0.2, 0.25) is 15.1 Å². The number of likely N-dealkylation sites (tertiary alicyclic amines) is 1. The van der Waals surface area contributed by atoms with Crippen LogP contribution in [0.5, 0.6) is 0 Å². The molecule has 0 radical (unpaired) electrons. The predicted molar refractivity (Wildman–Crippen MR) is 103 cm³/mol. The Kier molecular flexibility index (Phi) is 6.56. The zero-order valence-corrected chi connectivity index (χ0v) is 17.1. The van der Waals surface area contributed by atoms with Crippen LogP contribution in [0.1, 0.15) is 38.5 Å². The van der Waals surface area contributed by atoms with Gasteiger partial charge in [-0.05, 0) is 56.8 Å². The first-order valence-corrected chi connectivity index (χ1v) is 11.4. The SMILES string of the molecule is O=S(=O)(NC1CCN(CC2CCCC2)CC1)c1c(Cl)cc(Cl)cc1Cl. The summed E-state index contributed by atoms with van der Waals surface area (Å²) < 4.78 is 28.1. The maximum Gasteiger partial charge on any atom is 0.243 e. The van der Waals surface area contributed by atoms with Crippen LogP contribution in [-0.2, 0) is 10.0 Å². The molecule has 0 spiro atoms. The molecular weight excluding hydrogens is 403 g/mol. The molecule has 1 aromatic carbocycles. The molecule has 0 aromatic heterocycles. The molecule has 8 heteroatoms. The molecule has 140 valence electrons. The minimum absolute atomic E-state index is 0.0451. The molecule has 1 N–H and O–H groups in total. The van der Waals surface area contributed by atoms with Crippen LogP contribution in [0.3, 0.4) is 0 Å². The number of halogens is 3. The lowest BCUT2D eigenvalue weighted by Gasteiger charge is -2.33. The molecule has 2 fully saturated rings.